The SMILES string of the molecule is COCCCOCC(=O)N1CC(C)(C)C1c1nccn1Cc1ccccc1. The number of ether oxygens (including phenoxy) is 2. The molecule has 0 bridgehead atoms. The first-order valence-corrected chi connectivity index (χ1v) is 9.44. The van der Waals surface area contributed by atoms with E-state index in [1.165, 1.54) is 5.56 Å². The molecule has 2 aromatic rings. The second kappa shape index (κ2) is 8.67. The molecule has 1 aliphatic rings. The highest BCUT2D eigenvalue weighted by Gasteiger charge is 2.50. The van der Waals surface area contributed by atoms with Gasteiger partial charge in [0.1, 0.15) is 12.4 Å². The molecule has 3 rings (SSSR count). The van der Waals surface area contributed by atoms with Gasteiger partial charge >= 0.3 is 0 Å². The van der Waals surface area contributed by atoms with Crippen molar-refractivity contribution < 1.29 is 14.3 Å². The maximum Gasteiger partial charge on any atom is 0.249 e. The Kier molecular flexibility index (Phi) is 6.29. The van der Waals surface area contributed by atoms with Crippen LogP contribution in [0.4, 0.5) is 0 Å². The lowest BCUT2D eigenvalue weighted by Gasteiger charge is -2.53. The van der Waals surface area contributed by atoms with Gasteiger partial charge in [-0.15, -0.1) is 0 Å². The van der Waals surface area contributed by atoms with E-state index in [4.69, 9.17) is 9.47 Å². The van der Waals surface area contributed by atoms with Crippen molar-refractivity contribution in [2.45, 2.75) is 32.9 Å². The van der Waals surface area contributed by atoms with Gasteiger partial charge in [-0.2, -0.15) is 0 Å². The minimum absolute atomic E-state index is 0.00843. The van der Waals surface area contributed by atoms with Crippen molar-refractivity contribution in [3.05, 3.63) is 54.1 Å². The van der Waals surface area contributed by atoms with Crippen molar-refractivity contribution in [3.8, 4) is 0 Å². The van der Waals surface area contributed by atoms with Crippen molar-refractivity contribution in [2.24, 2.45) is 5.41 Å². The fraction of sp³-hybridized carbons (Fsp3) is 0.524. The molecule has 0 N–H and O–H groups in total. The van der Waals surface area contributed by atoms with Gasteiger partial charge < -0.3 is 18.9 Å². The van der Waals surface area contributed by atoms with Gasteiger partial charge in [0.2, 0.25) is 5.91 Å². The van der Waals surface area contributed by atoms with E-state index in [0.29, 0.717) is 13.2 Å². The number of aromatic nitrogens is 2. The molecule has 1 atom stereocenters. The van der Waals surface area contributed by atoms with E-state index in [9.17, 15) is 4.79 Å². The van der Waals surface area contributed by atoms with Gasteiger partial charge in [0, 0.05) is 51.2 Å². The van der Waals surface area contributed by atoms with Gasteiger partial charge in [-0.05, 0) is 12.0 Å². The van der Waals surface area contributed by atoms with Crippen LogP contribution in [0.3, 0.4) is 0 Å². The summed E-state index contributed by atoms with van der Waals surface area (Å²) in [5.41, 5.74) is 1.21. The molecule has 1 aliphatic heterocycles. The normalized spacial score (nSPS) is 18.3. The van der Waals surface area contributed by atoms with Gasteiger partial charge in [0.25, 0.3) is 0 Å². The van der Waals surface area contributed by atoms with Crippen molar-refractivity contribution >= 4 is 5.91 Å². The molecule has 0 aliphatic carbocycles. The second-order valence-electron chi connectivity index (χ2n) is 7.71. The molecule has 1 aromatic carbocycles. The van der Waals surface area contributed by atoms with Crippen LogP contribution in [-0.2, 0) is 20.8 Å². The van der Waals surface area contributed by atoms with E-state index in [2.05, 4.69) is 35.5 Å². The summed E-state index contributed by atoms with van der Waals surface area (Å²) in [4.78, 5) is 19.1. The summed E-state index contributed by atoms with van der Waals surface area (Å²) in [6.45, 7) is 7.11. The standard InChI is InChI=1S/C21H29N3O3/c1-21(2)16-24(18(25)15-27-13-7-12-26-3)19(21)20-22-10-11-23(20)14-17-8-5-4-6-9-17/h4-6,8-11,19H,7,12-16H2,1-3H3. The van der Waals surface area contributed by atoms with Gasteiger partial charge in [0.05, 0.1) is 6.04 Å². The third kappa shape index (κ3) is 4.57. The van der Waals surface area contributed by atoms with E-state index in [1.807, 2.05) is 35.5 Å². The number of carbonyl (C=O) groups excluding carboxylic acids is 1. The van der Waals surface area contributed by atoms with Crippen LogP contribution in [0.25, 0.3) is 0 Å². The van der Waals surface area contributed by atoms with E-state index in [1.54, 1.807) is 7.11 Å². The van der Waals surface area contributed by atoms with Crippen LogP contribution >= 0.6 is 0 Å². The van der Waals surface area contributed by atoms with Crippen molar-refractivity contribution in [1.82, 2.24) is 14.5 Å². The van der Waals surface area contributed by atoms with Crippen molar-refractivity contribution in [1.29, 1.82) is 0 Å². The Morgan fingerprint density at radius 1 is 1.26 bits per heavy atom. The van der Waals surface area contributed by atoms with Crippen LogP contribution in [0.15, 0.2) is 42.7 Å². The number of nitrogens with zero attached hydrogens (tertiary/aromatic N) is 3. The molecule has 27 heavy (non-hydrogen) atoms. The summed E-state index contributed by atoms with van der Waals surface area (Å²) in [5.74, 6) is 0.953. The smallest absolute Gasteiger partial charge is 0.249 e. The van der Waals surface area contributed by atoms with E-state index in [0.717, 1.165) is 25.3 Å². The van der Waals surface area contributed by atoms with Crippen LogP contribution in [-0.4, -0.2) is 53.8 Å². The molecule has 146 valence electrons. The highest BCUT2D eigenvalue weighted by molar-refractivity contribution is 5.79. The molecule has 1 amide bonds. The largest absolute Gasteiger partial charge is 0.385 e. The summed E-state index contributed by atoms with van der Waals surface area (Å²) in [5, 5.41) is 0. The lowest BCUT2D eigenvalue weighted by Crippen LogP contribution is -2.59. The summed E-state index contributed by atoms with van der Waals surface area (Å²) < 4.78 is 12.7. The zero-order chi connectivity index (χ0) is 19.3. The molecule has 6 heteroatoms. The molecule has 1 unspecified atom stereocenters. The summed E-state index contributed by atoms with van der Waals surface area (Å²) in [6, 6.07) is 10.3. The van der Waals surface area contributed by atoms with E-state index >= 15 is 0 Å². The average Bonchev–Trinajstić information content (AvgIpc) is 3.07. The van der Waals surface area contributed by atoms with Crippen LogP contribution in [0.5, 0.6) is 0 Å². The number of imidazole rings is 1. The third-order valence-electron chi connectivity index (χ3n) is 5.00. The van der Waals surface area contributed by atoms with Gasteiger partial charge in [-0.3, -0.25) is 4.79 Å². The lowest BCUT2D eigenvalue weighted by molar-refractivity contribution is -0.158. The van der Waals surface area contributed by atoms with Gasteiger partial charge in [0.15, 0.2) is 0 Å². The Morgan fingerprint density at radius 2 is 2.04 bits per heavy atom. The quantitative estimate of drug-likeness (QED) is 0.636. The molecular weight excluding hydrogens is 342 g/mol. The molecule has 2 heterocycles. The Labute approximate surface area is 161 Å². The molecule has 1 aromatic heterocycles. The number of hydrogen-bond acceptors (Lipinski definition) is 4. The Morgan fingerprint density at radius 3 is 2.74 bits per heavy atom. The minimum Gasteiger partial charge on any atom is -0.385 e. The monoisotopic (exact) mass is 371 g/mol. The fourth-order valence-corrected chi connectivity index (χ4v) is 3.68. The van der Waals surface area contributed by atoms with Gasteiger partial charge in [-0.25, -0.2) is 4.98 Å². The van der Waals surface area contributed by atoms with Crippen molar-refractivity contribution in [3.63, 3.8) is 0 Å². The van der Waals surface area contributed by atoms with E-state index in [-0.39, 0.29) is 24.0 Å². The van der Waals surface area contributed by atoms with Crippen LogP contribution in [0.1, 0.15) is 37.7 Å². The predicted octanol–water partition coefficient (Wildman–Crippen LogP) is 2.89. The number of carbonyl (C=O) groups is 1. The Hall–Kier alpha value is -2.18. The third-order valence-corrected chi connectivity index (χ3v) is 5.00. The Balaban J connectivity index is 1.67. The molecule has 6 nitrogen and oxygen atoms in total. The molecule has 0 spiro atoms. The zero-order valence-electron chi connectivity index (χ0n) is 16.4. The fourth-order valence-electron chi connectivity index (χ4n) is 3.68. The summed E-state index contributed by atoms with van der Waals surface area (Å²) in [7, 11) is 1.66. The van der Waals surface area contributed by atoms with Gasteiger partial charge in [-0.1, -0.05) is 44.2 Å². The molecule has 0 saturated carbocycles. The van der Waals surface area contributed by atoms with E-state index < -0.39 is 0 Å². The number of benzene rings is 1. The number of likely N-dealkylation sites (tertiary alicyclic amines) is 1. The molecule has 1 saturated heterocycles. The number of methoxy groups -OCH3 is 1. The summed E-state index contributed by atoms with van der Waals surface area (Å²) >= 11 is 0. The maximum absolute atomic E-state index is 12.7. The number of amides is 1. The molecular formula is C21H29N3O3. The second-order valence-corrected chi connectivity index (χ2v) is 7.71. The molecule has 0 radical (unpaired) electrons. The molecule has 1 fully saturated rings. The lowest BCUT2D eigenvalue weighted by atomic mass is 9.74. The predicted molar refractivity (Wildman–Crippen MR) is 103 cm³/mol. The van der Waals surface area contributed by atoms with Crippen LogP contribution in [0.2, 0.25) is 0 Å². The minimum atomic E-state index is -0.0358. The maximum atomic E-state index is 12.7. The first-order chi connectivity index (χ1) is 13.0. The first kappa shape index (κ1) is 19.6. The van der Waals surface area contributed by atoms with Crippen LogP contribution in [0, 0.1) is 5.41 Å². The van der Waals surface area contributed by atoms with Crippen molar-refractivity contribution in [2.75, 3.05) is 33.5 Å². The highest BCUT2D eigenvalue weighted by atomic mass is 16.5. The average molecular weight is 371 g/mol. The Bertz CT molecular complexity index is 742. The highest BCUT2D eigenvalue weighted by Crippen LogP contribution is 2.47. The zero-order valence-corrected chi connectivity index (χ0v) is 16.4. The number of rotatable bonds is 9. The first-order valence-electron chi connectivity index (χ1n) is 9.44. The number of hydrogen-bond donors (Lipinski definition) is 0. The topological polar surface area (TPSA) is 56.6 Å². The van der Waals surface area contributed by atoms with Crippen LogP contribution < -0.4 is 0 Å². The summed E-state index contributed by atoms with van der Waals surface area (Å²) in [6.07, 6.45) is 4.59.